The van der Waals surface area contributed by atoms with Crippen molar-refractivity contribution in [3.63, 3.8) is 0 Å². The summed E-state index contributed by atoms with van der Waals surface area (Å²) in [5.74, 6) is 2.13. The first kappa shape index (κ1) is 9.76. The number of carbonyl (C=O) groups excluding carboxylic acids is 1. The van der Waals surface area contributed by atoms with Crippen LogP contribution in [0.3, 0.4) is 0 Å². The van der Waals surface area contributed by atoms with Crippen molar-refractivity contribution >= 4 is 5.78 Å². The summed E-state index contributed by atoms with van der Waals surface area (Å²) in [5, 5.41) is 0. The van der Waals surface area contributed by atoms with Gasteiger partial charge < -0.3 is 0 Å². The highest BCUT2D eigenvalue weighted by molar-refractivity contribution is 5.87. The molecule has 0 unspecified atom stereocenters. The van der Waals surface area contributed by atoms with Crippen LogP contribution in [0.2, 0.25) is 0 Å². The molecule has 0 bridgehead atoms. The Morgan fingerprint density at radius 2 is 2.15 bits per heavy atom. The summed E-state index contributed by atoms with van der Waals surface area (Å²) in [4.78, 5) is 12.3. The second-order valence-corrected chi connectivity index (χ2v) is 7.25. The van der Waals surface area contributed by atoms with Crippen molar-refractivity contribution in [2.75, 3.05) is 0 Å². The quantitative estimate of drug-likeness (QED) is 0.682. The number of carbonyl (C=O) groups is 1. The van der Waals surface area contributed by atoms with E-state index in [9.17, 15) is 4.79 Å². The number of aryl methyl sites for hydroxylation is 2. The Balaban J connectivity index is 1.69. The van der Waals surface area contributed by atoms with Crippen LogP contribution in [0.1, 0.15) is 65.7 Å². The summed E-state index contributed by atoms with van der Waals surface area (Å²) in [6.45, 7) is 0.172. The molecular weight excluding hydrogens is 244 g/mol. The van der Waals surface area contributed by atoms with Gasteiger partial charge in [-0.15, -0.1) is 0 Å². The van der Waals surface area contributed by atoms with Gasteiger partial charge >= 0.3 is 0 Å². The first-order valence-corrected chi connectivity index (χ1v) is 7.97. The molecule has 0 amide bonds. The lowest BCUT2D eigenvalue weighted by molar-refractivity contribution is -0.129. The predicted octanol–water partition coefficient (Wildman–Crippen LogP) is 4.42. The zero-order chi connectivity index (χ0) is 16.4. The van der Waals surface area contributed by atoms with Gasteiger partial charge in [0.25, 0.3) is 0 Å². The van der Waals surface area contributed by atoms with E-state index in [0.717, 1.165) is 38.5 Å². The number of benzene rings is 1. The van der Waals surface area contributed by atoms with Crippen LogP contribution in [-0.2, 0) is 11.2 Å². The molecule has 2 fully saturated rings. The van der Waals surface area contributed by atoms with E-state index < -0.39 is 6.85 Å². The second kappa shape index (κ2) is 4.19. The van der Waals surface area contributed by atoms with Gasteiger partial charge in [-0.25, -0.2) is 0 Å². The molecule has 2 saturated carbocycles. The molecule has 1 aromatic carbocycles. The maximum Gasteiger partial charge on any atom is 0.139 e. The number of hydrogen-bond acceptors (Lipinski definition) is 1. The second-order valence-electron chi connectivity index (χ2n) is 7.25. The van der Waals surface area contributed by atoms with Crippen molar-refractivity contribution in [2.45, 2.75) is 58.2 Å². The number of fused-ring (bicyclic) bond motifs is 5. The van der Waals surface area contributed by atoms with E-state index in [-0.39, 0.29) is 5.41 Å². The molecule has 1 nitrogen and oxygen atoms in total. The van der Waals surface area contributed by atoms with Crippen molar-refractivity contribution in [1.82, 2.24) is 0 Å². The van der Waals surface area contributed by atoms with Gasteiger partial charge in [-0.05, 0) is 67.8 Å². The van der Waals surface area contributed by atoms with Crippen LogP contribution in [-0.4, -0.2) is 5.78 Å². The van der Waals surface area contributed by atoms with Crippen LogP contribution >= 0.6 is 0 Å². The minimum absolute atomic E-state index is 0.0860. The van der Waals surface area contributed by atoms with Crippen LogP contribution in [0, 0.1) is 24.1 Å². The van der Waals surface area contributed by atoms with Gasteiger partial charge in [0.1, 0.15) is 5.78 Å². The lowest BCUT2D eigenvalue weighted by Gasteiger charge is -2.48. The predicted molar refractivity (Wildman–Crippen MR) is 80.8 cm³/mol. The van der Waals surface area contributed by atoms with Crippen molar-refractivity contribution in [3.05, 3.63) is 34.9 Å². The molecule has 0 aromatic heterocycles. The van der Waals surface area contributed by atoms with Gasteiger partial charge in [0.15, 0.2) is 0 Å². The smallest absolute Gasteiger partial charge is 0.139 e. The summed E-state index contributed by atoms with van der Waals surface area (Å²) < 4.78 is 22.8. The first-order valence-electron chi connectivity index (χ1n) is 9.47. The third kappa shape index (κ3) is 1.58. The Kier molecular flexibility index (Phi) is 2.05. The highest BCUT2D eigenvalue weighted by Gasteiger charge is 2.54. The fourth-order valence-corrected chi connectivity index (χ4v) is 5.35. The summed E-state index contributed by atoms with van der Waals surface area (Å²) in [7, 11) is 0. The molecule has 0 radical (unpaired) electrons. The van der Waals surface area contributed by atoms with Crippen LogP contribution in [0.25, 0.3) is 0 Å². The summed E-state index contributed by atoms with van der Waals surface area (Å²) in [6, 6.07) is 5.77. The third-order valence-corrected chi connectivity index (χ3v) is 6.44. The fourth-order valence-electron chi connectivity index (χ4n) is 5.35. The third-order valence-electron chi connectivity index (χ3n) is 6.44. The van der Waals surface area contributed by atoms with Gasteiger partial charge in [0.2, 0.25) is 0 Å². The van der Waals surface area contributed by atoms with E-state index in [0.29, 0.717) is 29.1 Å². The molecule has 106 valence electrons. The minimum Gasteiger partial charge on any atom is -0.299 e. The van der Waals surface area contributed by atoms with E-state index in [1.165, 1.54) is 11.1 Å². The average Bonchev–Trinajstić information content (AvgIpc) is 2.81. The molecular formula is C19H24O. The molecule has 20 heavy (non-hydrogen) atoms. The molecule has 0 N–H and O–H groups in total. The lowest BCUT2D eigenvalue weighted by Crippen LogP contribution is -2.42. The molecule has 3 aliphatic rings. The van der Waals surface area contributed by atoms with Gasteiger partial charge in [0, 0.05) is 15.9 Å². The zero-order valence-electron chi connectivity index (χ0n) is 15.1. The molecule has 0 aliphatic heterocycles. The number of Topliss-reactive ketones (excluding diaryl/α,β-unsaturated/α-hetero) is 1. The van der Waals surface area contributed by atoms with E-state index in [2.05, 4.69) is 13.0 Å². The SMILES string of the molecule is [2H]C([2H])([2H])c1ccc2c(c1)CC[C@@H]1[C@@H]2CC[C@]2(C)C(=O)CC[C@@H]12. The fraction of sp³-hybridized carbons (Fsp3) is 0.632. The van der Waals surface area contributed by atoms with Gasteiger partial charge in [-0.3, -0.25) is 4.79 Å². The van der Waals surface area contributed by atoms with E-state index >= 15 is 0 Å². The maximum atomic E-state index is 12.3. The molecule has 0 saturated heterocycles. The Bertz CT molecular complexity index is 663. The highest BCUT2D eigenvalue weighted by atomic mass is 16.1. The van der Waals surface area contributed by atoms with Crippen molar-refractivity contribution in [2.24, 2.45) is 17.3 Å². The summed E-state index contributed by atoms with van der Waals surface area (Å²) in [6.07, 6.45) is 5.95. The van der Waals surface area contributed by atoms with Gasteiger partial charge in [-0.1, -0.05) is 30.7 Å². The Labute approximate surface area is 126 Å². The number of rotatable bonds is 0. The Morgan fingerprint density at radius 3 is 3.00 bits per heavy atom. The monoisotopic (exact) mass is 271 g/mol. The van der Waals surface area contributed by atoms with Gasteiger partial charge in [-0.2, -0.15) is 0 Å². The van der Waals surface area contributed by atoms with Crippen molar-refractivity contribution in [1.29, 1.82) is 0 Å². The van der Waals surface area contributed by atoms with E-state index in [4.69, 9.17) is 4.11 Å². The molecule has 4 atom stereocenters. The largest absolute Gasteiger partial charge is 0.299 e. The van der Waals surface area contributed by atoms with Crippen LogP contribution in [0.4, 0.5) is 0 Å². The topological polar surface area (TPSA) is 17.1 Å². The normalized spacial score (nSPS) is 42.0. The molecule has 1 heteroatoms. The molecule has 0 heterocycles. The lowest BCUT2D eigenvalue weighted by atomic mass is 9.55. The Hall–Kier alpha value is -1.11. The molecule has 4 rings (SSSR count). The van der Waals surface area contributed by atoms with E-state index in [1.54, 1.807) is 6.07 Å². The summed E-state index contributed by atoms with van der Waals surface area (Å²) >= 11 is 0. The first-order chi connectivity index (χ1) is 10.8. The van der Waals surface area contributed by atoms with Crippen LogP contribution in [0.15, 0.2) is 18.2 Å². The number of hydrogen-bond donors (Lipinski definition) is 0. The van der Waals surface area contributed by atoms with Gasteiger partial charge in [0.05, 0.1) is 0 Å². The minimum atomic E-state index is -2.02. The zero-order valence-corrected chi connectivity index (χ0v) is 12.1. The van der Waals surface area contributed by atoms with Crippen LogP contribution in [0.5, 0.6) is 0 Å². The Morgan fingerprint density at radius 1 is 1.25 bits per heavy atom. The van der Waals surface area contributed by atoms with Crippen molar-refractivity contribution in [3.8, 4) is 0 Å². The highest BCUT2D eigenvalue weighted by Crippen LogP contribution is 2.59. The molecule has 1 aromatic rings. The standard InChI is InChI=1S/C19H24O/c1-12-3-5-14-13(11-12)4-6-16-15(14)9-10-19(2)17(16)7-8-18(19)20/h3,5,11,15-17H,4,6-10H2,1-2H3/t15-,16-,17+,19+/m1/s1/i1D3. The average molecular weight is 271 g/mol. The maximum absolute atomic E-state index is 12.3. The van der Waals surface area contributed by atoms with Crippen LogP contribution < -0.4 is 0 Å². The van der Waals surface area contributed by atoms with E-state index in [1.807, 2.05) is 6.07 Å². The molecule has 0 spiro atoms. The summed E-state index contributed by atoms with van der Waals surface area (Å²) in [5.41, 5.74) is 2.96. The van der Waals surface area contributed by atoms with Crippen molar-refractivity contribution < 1.29 is 8.91 Å². The number of ketones is 1. The molecule has 3 aliphatic carbocycles.